The Balaban J connectivity index is 1.05. The van der Waals surface area contributed by atoms with Gasteiger partial charge in [-0.15, -0.1) is 0 Å². The van der Waals surface area contributed by atoms with Crippen molar-refractivity contribution in [3.8, 4) is 61.3 Å². The van der Waals surface area contributed by atoms with Crippen LogP contribution in [-0.2, 0) is 0 Å². The number of rotatable bonds is 9. The maximum Gasteiger partial charge on any atom is 0.143 e. The fourth-order valence-electron chi connectivity index (χ4n) is 10.4. The van der Waals surface area contributed by atoms with Crippen molar-refractivity contribution >= 4 is 60.8 Å². The molecule has 0 spiro atoms. The number of furan rings is 1. The van der Waals surface area contributed by atoms with Crippen molar-refractivity contribution < 1.29 is 4.42 Å². The summed E-state index contributed by atoms with van der Waals surface area (Å²) in [5.74, 6) is 0. The van der Waals surface area contributed by atoms with Crippen molar-refractivity contribution in [2.24, 2.45) is 0 Å². The van der Waals surface area contributed by atoms with E-state index in [1.165, 1.54) is 44.1 Å². The minimum atomic E-state index is 0.861. The first-order valence-electron chi connectivity index (χ1n) is 23.6. The fraction of sp³-hybridized carbons (Fsp3) is 0. The largest absolute Gasteiger partial charge is 0.455 e. The molecule has 11 aromatic carbocycles. The van der Waals surface area contributed by atoms with Gasteiger partial charge in [0.15, 0.2) is 0 Å². The Morgan fingerprint density at radius 1 is 0.304 bits per heavy atom. The number of para-hydroxylation sites is 4. The third-order valence-electron chi connectivity index (χ3n) is 13.6. The lowest BCUT2D eigenvalue weighted by Crippen LogP contribution is -2.12. The first-order chi connectivity index (χ1) is 34.2. The average molecular weight is 881 g/mol. The highest BCUT2D eigenvalue weighted by Gasteiger charge is 2.25. The number of fused-ring (bicyclic) bond motifs is 6. The second kappa shape index (κ2) is 16.9. The number of hydrogen-bond acceptors (Lipinski definition) is 2. The van der Waals surface area contributed by atoms with Crippen molar-refractivity contribution in [3.63, 3.8) is 0 Å². The Morgan fingerprint density at radius 3 is 1.49 bits per heavy atom. The Kier molecular flexibility index (Phi) is 9.84. The monoisotopic (exact) mass is 880 g/mol. The fourth-order valence-corrected chi connectivity index (χ4v) is 10.4. The molecule has 2 aromatic heterocycles. The summed E-state index contributed by atoms with van der Waals surface area (Å²) < 4.78 is 9.30. The van der Waals surface area contributed by atoms with Crippen LogP contribution in [0.1, 0.15) is 0 Å². The number of benzene rings is 11. The standard InChI is InChI=1S/C66H44N2O/c1-3-17-45(18-4-1)47-35-37-48(38-36-47)49-39-41-52(42-40-49)67(53-23-14-24-54(44-53)68-61-31-10-7-25-56(61)57-26-8-11-32-62(57)68)63-33-16-28-55(51-22-13-21-50(43-51)46-19-5-2-6-20-46)65(63)60-30-15-29-59-58-27-9-12-34-64(58)69-66(59)60/h1-44H. The van der Waals surface area contributed by atoms with Gasteiger partial charge < -0.3 is 13.9 Å². The van der Waals surface area contributed by atoms with Crippen LogP contribution in [0, 0.1) is 0 Å². The molecular weight excluding hydrogens is 837 g/mol. The highest BCUT2D eigenvalue weighted by Crippen LogP contribution is 2.49. The van der Waals surface area contributed by atoms with Gasteiger partial charge in [-0.1, -0.05) is 206 Å². The van der Waals surface area contributed by atoms with Gasteiger partial charge >= 0.3 is 0 Å². The third kappa shape index (κ3) is 7.08. The lowest BCUT2D eigenvalue weighted by atomic mass is 9.89. The van der Waals surface area contributed by atoms with Crippen molar-refractivity contribution in [2.45, 2.75) is 0 Å². The van der Waals surface area contributed by atoms with Gasteiger partial charge in [-0.05, 0) is 105 Å². The molecule has 69 heavy (non-hydrogen) atoms. The van der Waals surface area contributed by atoms with Crippen molar-refractivity contribution in [3.05, 3.63) is 267 Å². The quantitative estimate of drug-likeness (QED) is 0.144. The van der Waals surface area contributed by atoms with Gasteiger partial charge in [0.05, 0.1) is 16.7 Å². The molecule has 2 heterocycles. The molecule has 0 atom stereocenters. The minimum Gasteiger partial charge on any atom is -0.455 e. The molecule has 0 bridgehead atoms. The molecule has 0 amide bonds. The molecule has 0 saturated carbocycles. The molecule has 0 unspecified atom stereocenters. The Morgan fingerprint density at radius 2 is 0.797 bits per heavy atom. The molecule has 0 aliphatic rings. The zero-order chi connectivity index (χ0) is 45.7. The van der Waals surface area contributed by atoms with Gasteiger partial charge in [-0.2, -0.15) is 0 Å². The number of aromatic nitrogens is 1. The van der Waals surface area contributed by atoms with E-state index in [0.717, 1.165) is 78.1 Å². The SMILES string of the molecule is c1ccc(-c2ccc(-c3ccc(N(c4cccc(-n5c6ccccc6c6ccccc65)c4)c4cccc(-c5cccc(-c6ccccc6)c5)c4-c4cccc5c4oc4ccccc45)cc3)cc2)cc1. The molecule has 13 aromatic rings. The highest BCUT2D eigenvalue weighted by molar-refractivity contribution is 6.13. The first kappa shape index (κ1) is 40.1. The zero-order valence-corrected chi connectivity index (χ0v) is 37.7. The summed E-state index contributed by atoms with van der Waals surface area (Å²) in [4.78, 5) is 2.43. The topological polar surface area (TPSA) is 21.3 Å². The molecule has 0 radical (unpaired) electrons. The van der Waals surface area contributed by atoms with Gasteiger partial charge in [0.2, 0.25) is 0 Å². The Bertz CT molecular complexity index is 3940. The predicted octanol–water partition coefficient (Wildman–Crippen LogP) is 18.5. The van der Waals surface area contributed by atoms with E-state index in [0.29, 0.717) is 0 Å². The molecular formula is C66H44N2O. The molecule has 3 heteroatoms. The number of hydrogen-bond donors (Lipinski definition) is 0. The normalized spacial score (nSPS) is 11.5. The van der Waals surface area contributed by atoms with Gasteiger partial charge in [0.1, 0.15) is 11.2 Å². The van der Waals surface area contributed by atoms with E-state index in [2.05, 4.69) is 270 Å². The summed E-state index contributed by atoms with van der Waals surface area (Å²) in [6, 6.07) is 96.1. The van der Waals surface area contributed by atoms with Gasteiger partial charge in [-0.25, -0.2) is 0 Å². The van der Waals surface area contributed by atoms with Crippen LogP contribution in [0.4, 0.5) is 17.1 Å². The summed E-state index contributed by atoms with van der Waals surface area (Å²) in [5.41, 5.74) is 19.6. The molecule has 0 N–H and O–H groups in total. The maximum atomic E-state index is 6.90. The molecule has 324 valence electrons. The summed E-state index contributed by atoms with van der Waals surface area (Å²) in [6.45, 7) is 0. The van der Waals surface area contributed by atoms with E-state index in [1.54, 1.807) is 0 Å². The van der Waals surface area contributed by atoms with Crippen LogP contribution in [0.2, 0.25) is 0 Å². The van der Waals surface area contributed by atoms with E-state index in [1.807, 2.05) is 6.07 Å². The highest BCUT2D eigenvalue weighted by atomic mass is 16.3. The summed E-state index contributed by atoms with van der Waals surface area (Å²) in [5, 5.41) is 4.65. The molecule has 0 saturated heterocycles. The summed E-state index contributed by atoms with van der Waals surface area (Å²) in [7, 11) is 0. The van der Waals surface area contributed by atoms with Crippen LogP contribution in [-0.4, -0.2) is 4.57 Å². The third-order valence-corrected chi connectivity index (χ3v) is 13.6. The minimum absolute atomic E-state index is 0.861. The van der Waals surface area contributed by atoms with E-state index in [-0.39, 0.29) is 0 Å². The van der Waals surface area contributed by atoms with Crippen molar-refractivity contribution in [2.75, 3.05) is 4.90 Å². The van der Waals surface area contributed by atoms with Crippen LogP contribution in [0.15, 0.2) is 271 Å². The molecule has 13 rings (SSSR count). The molecule has 0 aliphatic heterocycles. The van der Waals surface area contributed by atoms with Gasteiger partial charge in [0.25, 0.3) is 0 Å². The molecule has 0 aliphatic carbocycles. The maximum absolute atomic E-state index is 6.90. The molecule has 3 nitrogen and oxygen atoms in total. The van der Waals surface area contributed by atoms with E-state index < -0.39 is 0 Å². The predicted molar refractivity (Wildman–Crippen MR) is 290 cm³/mol. The first-order valence-corrected chi connectivity index (χ1v) is 23.6. The Labute approximate surface area is 401 Å². The molecule has 0 fully saturated rings. The summed E-state index contributed by atoms with van der Waals surface area (Å²) >= 11 is 0. The second-order valence-electron chi connectivity index (χ2n) is 17.6. The van der Waals surface area contributed by atoms with Crippen LogP contribution in [0.3, 0.4) is 0 Å². The zero-order valence-electron chi connectivity index (χ0n) is 37.7. The lowest BCUT2D eigenvalue weighted by molar-refractivity contribution is 0.670. The summed E-state index contributed by atoms with van der Waals surface area (Å²) in [6.07, 6.45) is 0. The van der Waals surface area contributed by atoms with Crippen LogP contribution < -0.4 is 4.90 Å². The van der Waals surface area contributed by atoms with Gasteiger partial charge in [-0.3, -0.25) is 0 Å². The van der Waals surface area contributed by atoms with Crippen LogP contribution >= 0.6 is 0 Å². The van der Waals surface area contributed by atoms with Crippen LogP contribution in [0.5, 0.6) is 0 Å². The van der Waals surface area contributed by atoms with E-state index in [4.69, 9.17) is 4.42 Å². The smallest absolute Gasteiger partial charge is 0.143 e. The van der Waals surface area contributed by atoms with Crippen LogP contribution in [0.25, 0.3) is 105 Å². The van der Waals surface area contributed by atoms with Crippen molar-refractivity contribution in [1.29, 1.82) is 0 Å². The van der Waals surface area contributed by atoms with E-state index >= 15 is 0 Å². The number of anilines is 3. The lowest BCUT2D eigenvalue weighted by Gasteiger charge is -2.30. The Hall–Kier alpha value is -9.18. The average Bonchev–Trinajstić information content (AvgIpc) is 3.98. The number of nitrogens with zero attached hydrogens (tertiary/aromatic N) is 2. The van der Waals surface area contributed by atoms with Crippen molar-refractivity contribution in [1.82, 2.24) is 4.57 Å². The second-order valence-corrected chi connectivity index (χ2v) is 17.6. The van der Waals surface area contributed by atoms with E-state index in [9.17, 15) is 0 Å². The van der Waals surface area contributed by atoms with Gasteiger partial charge in [0, 0.05) is 49.7 Å².